The van der Waals surface area contributed by atoms with E-state index in [0.717, 1.165) is 13.0 Å². The van der Waals surface area contributed by atoms with Crippen LogP contribution in [-0.2, 0) is 10.8 Å². The average molecular weight is 293 g/mol. The molecule has 2 aromatic carbocycles. The number of allylic oxidation sites excluding steroid dienone is 1. The summed E-state index contributed by atoms with van der Waals surface area (Å²) in [6, 6.07) is 20.5. The Labute approximate surface area is 129 Å². The lowest BCUT2D eigenvalue weighted by Gasteiger charge is -2.23. The van der Waals surface area contributed by atoms with Gasteiger partial charge in [0.1, 0.15) is 0 Å². The average Bonchev–Trinajstić information content (AvgIpc) is 2.56. The Hall–Kier alpha value is -1.64. The van der Waals surface area contributed by atoms with Crippen LogP contribution in [0.4, 0.5) is 0 Å². The van der Waals surface area contributed by atoms with Gasteiger partial charge in [-0.25, -0.2) is 0 Å². The van der Waals surface area contributed by atoms with Gasteiger partial charge in [0, 0.05) is 6.61 Å². The van der Waals surface area contributed by atoms with Crippen LogP contribution in [0.5, 0.6) is 0 Å². The third-order valence-corrected chi connectivity index (χ3v) is 6.34. The molecule has 0 bridgehead atoms. The second kappa shape index (κ2) is 6.88. The van der Waals surface area contributed by atoms with Crippen LogP contribution in [0.3, 0.4) is 0 Å². The lowest BCUT2D eigenvalue weighted by atomic mass is 10.00. The molecule has 2 heteroatoms. The summed E-state index contributed by atoms with van der Waals surface area (Å²) in [7, 11) is -0.852. The van der Waals surface area contributed by atoms with Gasteiger partial charge in [-0.3, -0.25) is 0 Å². The van der Waals surface area contributed by atoms with Crippen molar-refractivity contribution in [1.82, 2.24) is 0 Å². The van der Waals surface area contributed by atoms with Crippen LogP contribution in [0.25, 0.3) is 5.57 Å². The fourth-order valence-corrected chi connectivity index (χ4v) is 5.21. The van der Waals surface area contributed by atoms with E-state index in [1.165, 1.54) is 40.8 Å². The zero-order chi connectivity index (χ0) is 14.5. The monoisotopic (exact) mass is 293 g/mol. The molecule has 1 aliphatic heterocycles. The van der Waals surface area contributed by atoms with Crippen LogP contribution in [-0.4, -0.2) is 15.6 Å². The van der Waals surface area contributed by atoms with E-state index in [9.17, 15) is 0 Å². The zero-order valence-corrected chi connectivity index (χ0v) is 13.3. The number of hydrogen-bond donors (Lipinski definition) is 0. The van der Waals surface area contributed by atoms with Crippen LogP contribution >= 0.6 is 0 Å². The molecule has 0 amide bonds. The maximum Gasteiger partial charge on any atom is 0.247 e. The smallest absolute Gasteiger partial charge is 0.247 e. The summed E-state index contributed by atoms with van der Waals surface area (Å²) in [5, 5.41) is 1.41. The Kier molecular flexibility index (Phi) is 4.68. The highest BCUT2D eigenvalue weighted by Gasteiger charge is 2.22. The molecule has 1 nitrogen and oxygen atoms in total. The molecule has 1 heterocycles. The van der Waals surface area contributed by atoms with E-state index in [4.69, 9.17) is 4.43 Å². The van der Waals surface area contributed by atoms with Crippen molar-refractivity contribution in [3.05, 3.63) is 72.3 Å². The molecule has 3 rings (SSSR count). The van der Waals surface area contributed by atoms with Gasteiger partial charge in [0.25, 0.3) is 0 Å². The molecule has 0 aliphatic carbocycles. The quantitative estimate of drug-likeness (QED) is 0.776. The summed E-state index contributed by atoms with van der Waals surface area (Å²) in [6.07, 6.45) is 3.42. The Bertz CT molecular complexity index is 600. The second-order valence-electron chi connectivity index (χ2n) is 5.54. The first-order chi connectivity index (χ1) is 10.3. The van der Waals surface area contributed by atoms with Crippen molar-refractivity contribution in [3.63, 3.8) is 0 Å². The molecule has 0 aromatic heterocycles. The normalized spacial score (nSPS) is 15.8. The minimum Gasteiger partial charge on any atom is -0.412 e. The van der Waals surface area contributed by atoms with Gasteiger partial charge in [-0.1, -0.05) is 67.6 Å². The van der Waals surface area contributed by atoms with Gasteiger partial charge in [-0.2, -0.15) is 0 Å². The Balaban J connectivity index is 1.82. The topological polar surface area (TPSA) is 9.23 Å². The summed E-state index contributed by atoms with van der Waals surface area (Å²) < 4.78 is 6.07. The molecule has 0 unspecified atom stereocenters. The summed E-state index contributed by atoms with van der Waals surface area (Å²) in [5.41, 5.74) is 3.82. The third kappa shape index (κ3) is 3.52. The maximum absolute atomic E-state index is 6.07. The van der Waals surface area contributed by atoms with Gasteiger partial charge >= 0.3 is 0 Å². The lowest BCUT2D eigenvalue weighted by Crippen LogP contribution is -2.38. The fourth-order valence-electron chi connectivity index (χ4n) is 2.84. The standard InChI is InChI=1S/C19H21OSi/c1-16(15-17-9-3-2-4-10-17)18-11-5-6-12-19(18)21-14-8-7-13-20-21/h2-6,9-12H,1,7-8,13-15H2. The van der Waals surface area contributed by atoms with E-state index in [-0.39, 0.29) is 0 Å². The zero-order valence-electron chi connectivity index (χ0n) is 12.3. The van der Waals surface area contributed by atoms with Gasteiger partial charge < -0.3 is 4.43 Å². The maximum atomic E-state index is 6.07. The van der Waals surface area contributed by atoms with Gasteiger partial charge in [0.15, 0.2) is 0 Å². The molecule has 2 aromatic rings. The van der Waals surface area contributed by atoms with E-state index in [2.05, 4.69) is 61.2 Å². The largest absolute Gasteiger partial charge is 0.412 e. The highest BCUT2D eigenvalue weighted by Crippen LogP contribution is 2.19. The number of hydrogen-bond acceptors (Lipinski definition) is 1. The van der Waals surface area contributed by atoms with Crippen LogP contribution < -0.4 is 5.19 Å². The molecule has 1 aliphatic rings. The number of rotatable bonds is 4. The van der Waals surface area contributed by atoms with E-state index < -0.39 is 9.04 Å². The van der Waals surface area contributed by atoms with E-state index in [1.807, 2.05) is 0 Å². The molecular weight excluding hydrogens is 272 g/mol. The molecular formula is C19H21OSi. The fraction of sp³-hybridized carbons (Fsp3) is 0.263. The van der Waals surface area contributed by atoms with Crippen molar-refractivity contribution in [1.29, 1.82) is 0 Å². The van der Waals surface area contributed by atoms with Crippen molar-refractivity contribution < 1.29 is 4.43 Å². The van der Waals surface area contributed by atoms with Crippen LogP contribution in [0, 0.1) is 0 Å². The van der Waals surface area contributed by atoms with Gasteiger partial charge in [-0.05, 0) is 40.8 Å². The van der Waals surface area contributed by atoms with Crippen molar-refractivity contribution in [3.8, 4) is 0 Å². The first-order valence-electron chi connectivity index (χ1n) is 7.65. The lowest BCUT2D eigenvalue weighted by molar-refractivity contribution is 0.294. The van der Waals surface area contributed by atoms with Crippen molar-refractivity contribution in [2.45, 2.75) is 25.3 Å². The summed E-state index contributed by atoms with van der Waals surface area (Å²) in [4.78, 5) is 0. The molecule has 1 fully saturated rings. The van der Waals surface area contributed by atoms with Crippen molar-refractivity contribution in [2.24, 2.45) is 0 Å². The molecule has 0 N–H and O–H groups in total. The second-order valence-corrected chi connectivity index (χ2v) is 7.71. The van der Waals surface area contributed by atoms with Crippen LogP contribution in [0.15, 0.2) is 61.2 Å². The first-order valence-corrected chi connectivity index (χ1v) is 9.26. The minimum atomic E-state index is -0.852. The SMILES string of the molecule is C=C(Cc1ccccc1)c1ccccc1[Si]1CCCCO1. The summed E-state index contributed by atoms with van der Waals surface area (Å²) >= 11 is 0. The van der Waals surface area contributed by atoms with Gasteiger partial charge in [0.2, 0.25) is 9.04 Å². The summed E-state index contributed by atoms with van der Waals surface area (Å²) in [6.45, 7) is 5.26. The predicted octanol–water partition coefficient (Wildman–Crippen LogP) is 3.95. The molecule has 107 valence electrons. The van der Waals surface area contributed by atoms with E-state index in [1.54, 1.807) is 0 Å². The predicted molar refractivity (Wildman–Crippen MR) is 91.0 cm³/mol. The third-order valence-electron chi connectivity index (χ3n) is 3.94. The highest BCUT2D eigenvalue weighted by atomic mass is 28.3. The van der Waals surface area contributed by atoms with Crippen molar-refractivity contribution >= 4 is 19.8 Å². The number of benzene rings is 2. The van der Waals surface area contributed by atoms with Crippen molar-refractivity contribution in [2.75, 3.05) is 6.61 Å². The molecule has 0 spiro atoms. The highest BCUT2D eigenvalue weighted by molar-refractivity contribution is 6.68. The molecule has 21 heavy (non-hydrogen) atoms. The molecule has 1 radical (unpaired) electrons. The molecule has 0 atom stereocenters. The Morgan fingerprint density at radius 3 is 2.52 bits per heavy atom. The first kappa shape index (κ1) is 14.3. The molecule has 1 saturated heterocycles. The van der Waals surface area contributed by atoms with E-state index >= 15 is 0 Å². The van der Waals surface area contributed by atoms with Crippen LogP contribution in [0.1, 0.15) is 24.0 Å². The van der Waals surface area contributed by atoms with Crippen LogP contribution in [0.2, 0.25) is 6.04 Å². The minimum absolute atomic E-state index is 0.852. The Morgan fingerprint density at radius 1 is 1.00 bits per heavy atom. The molecule has 0 saturated carbocycles. The summed E-state index contributed by atoms with van der Waals surface area (Å²) in [5.74, 6) is 0. The Morgan fingerprint density at radius 2 is 1.76 bits per heavy atom. The van der Waals surface area contributed by atoms with E-state index in [0.29, 0.717) is 0 Å². The van der Waals surface area contributed by atoms with Gasteiger partial charge in [-0.15, -0.1) is 0 Å². The van der Waals surface area contributed by atoms with Gasteiger partial charge in [0.05, 0.1) is 0 Å².